The molecule has 0 radical (unpaired) electrons. The van der Waals surface area contributed by atoms with Crippen molar-refractivity contribution in [1.29, 1.82) is 0 Å². The summed E-state index contributed by atoms with van der Waals surface area (Å²) in [6.07, 6.45) is 2.02. The molecule has 0 saturated carbocycles. The monoisotopic (exact) mass is 244 g/mol. The van der Waals surface area contributed by atoms with Crippen LogP contribution < -0.4 is 4.90 Å². The van der Waals surface area contributed by atoms with Crippen LogP contribution in [0.4, 0.5) is 5.69 Å². The Morgan fingerprint density at radius 1 is 1.50 bits per heavy atom. The van der Waals surface area contributed by atoms with E-state index in [2.05, 4.69) is 9.30 Å². The Hall–Kier alpha value is -0.320. The van der Waals surface area contributed by atoms with Crippen LogP contribution in [0.25, 0.3) is 0 Å². The number of halogens is 1. The Kier molecular flexibility index (Phi) is 2.95. The van der Waals surface area contributed by atoms with Gasteiger partial charge in [-0.3, -0.25) is 0 Å². The highest BCUT2D eigenvalue weighted by Gasteiger charge is 2.17. The maximum atomic E-state index is 5.91. The maximum Gasteiger partial charge on any atom is 0.175 e. The van der Waals surface area contributed by atoms with E-state index in [-0.39, 0.29) is 0 Å². The second-order valence-electron chi connectivity index (χ2n) is 2.84. The van der Waals surface area contributed by atoms with Crippen molar-refractivity contribution in [2.75, 3.05) is 18.2 Å². The average Bonchev–Trinajstić information content (AvgIpc) is 2.18. The van der Waals surface area contributed by atoms with Gasteiger partial charge in [-0.25, -0.2) is 0 Å². The van der Waals surface area contributed by atoms with Gasteiger partial charge in [-0.15, -0.1) is 0 Å². The van der Waals surface area contributed by atoms with E-state index < -0.39 is 0 Å². The standard InChI is InChI=1S/C9H9ClN2S2/c1-12-7-4-3-6(10)5-8(7)14-11-9(12)13-2/h3-5H,1-2H3. The van der Waals surface area contributed by atoms with E-state index >= 15 is 0 Å². The molecule has 0 aromatic heterocycles. The lowest BCUT2D eigenvalue weighted by Crippen LogP contribution is -2.25. The molecule has 1 heterocycles. The van der Waals surface area contributed by atoms with E-state index in [0.717, 1.165) is 15.1 Å². The second kappa shape index (κ2) is 4.04. The van der Waals surface area contributed by atoms with Crippen LogP contribution in [0.3, 0.4) is 0 Å². The molecule has 14 heavy (non-hydrogen) atoms. The minimum atomic E-state index is 0.757. The molecule has 0 bridgehead atoms. The molecule has 0 aliphatic carbocycles. The fraction of sp³-hybridized carbons (Fsp3) is 0.222. The van der Waals surface area contributed by atoms with Crippen molar-refractivity contribution in [3.05, 3.63) is 23.2 Å². The zero-order valence-corrected chi connectivity index (χ0v) is 10.2. The van der Waals surface area contributed by atoms with E-state index in [0.29, 0.717) is 0 Å². The molecule has 0 saturated heterocycles. The average molecular weight is 245 g/mol. The van der Waals surface area contributed by atoms with Gasteiger partial charge < -0.3 is 4.90 Å². The molecule has 2 nitrogen and oxygen atoms in total. The lowest BCUT2D eigenvalue weighted by molar-refractivity contribution is 1.22. The van der Waals surface area contributed by atoms with Crippen LogP contribution in [-0.4, -0.2) is 18.5 Å². The fourth-order valence-corrected chi connectivity index (χ4v) is 3.06. The molecule has 0 atom stereocenters. The zero-order chi connectivity index (χ0) is 10.1. The lowest BCUT2D eigenvalue weighted by atomic mass is 10.3. The lowest BCUT2D eigenvalue weighted by Gasteiger charge is -2.25. The van der Waals surface area contributed by atoms with Crippen molar-refractivity contribution in [1.82, 2.24) is 0 Å². The topological polar surface area (TPSA) is 15.6 Å². The molecule has 5 heteroatoms. The van der Waals surface area contributed by atoms with Crippen molar-refractivity contribution in [2.24, 2.45) is 4.40 Å². The number of anilines is 1. The molecular weight excluding hydrogens is 236 g/mol. The molecule has 1 aromatic carbocycles. The van der Waals surface area contributed by atoms with Crippen molar-refractivity contribution in [3.63, 3.8) is 0 Å². The van der Waals surface area contributed by atoms with Gasteiger partial charge in [-0.1, -0.05) is 23.4 Å². The van der Waals surface area contributed by atoms with Gasteiger partial charge in [-0.05, 0) is 24.5 Å². The molecule has 1 aliphatic heterocycles. The molecule has 0 N–H and O–H groups in total. The highest BCUT2D eigenvalue weighted by atomic mass is 35.5. The number of hydrogen-bond acceptors (Lipinski definition) is 4. The first-order chi connectivity index (χ1) is 6.72. The fourth-order valence-electron chi connectivity index (χ4n) is 1.26. The Morgan fingerprint density at radius 2 is 2.29 bits per heavy atom. The minimum absolute atomic E-state index is 0.757. The predicted octanol–water partition coefficient (Wildman–Crippen LogP) is 3.52. The molecule has 1 aliphatic rings. The largest absolute Gasteiger partial charge is 0.322 e. The number of nitrogens with zero attached hydrogens (tertiary/aromatic N) is 2. The van der Waals surface area contributed by atoms with E-state index in [1.54, 1.807) is 11.8 Å². The number of thioether (sulfide) groups is 1. The van der Waals surface area contributed by atoms with Crippen molar-refractivity contribution >= 4 is 46.2 Å². The number of fused-ring (bicyclic) bond motifs is 1. The van der Waals surface area contributed by atoms with Crippen LogP contribution in [0.1, 0.15) is 0 Å². The molecule has 1 aromatic rings. The van der Waals surface area contributed by atoms with Crippen LogP contribution in [0.5, 0.6) is 0 Å². The number of rotatable bonds is 0. The zero-order valence-electron chi connectivity index (χ0n) is 7.82. The summed E-state index contributed by atoms with van der Waals surface area (Å²) in [7, 11) is 2.02. The maximum absolute atomic E-state index is 5.91. The number of hydrogen-bond donors (Lipinski definition) is 0. The first kappa shape index (κ1) is 10.2. The first-order valence-electron chi connectivity index (χ1n) is 4.04. The highest BCUT2D eigenvalue weighted by molar-refractivity contribution is 8.14. The number of benzene rings is 1. The molecular formula is C9H9ClN2S2. The van der Waals surface area contributed by atoms with E-state index in [1.807, 2.05) is 31.5 Å². The summed E-state index contributed by atoms with van der Waals surface area (Å²) in [5.41, 5.74) is 1.17. The molecule has 0 spiro atoms. The van der Waals surface area contributed by atoms with E-state index in [1.165, 1.54) is 17.6 Å². The Bertz CT molecular complexity index is 392. The van der Waals surface area contributed by atoms with Crippen molar-refractivity contribution in [3.8, 4) is 0 Å². The van der Waals surface area contributed by atoms with Gasteiger partial charge in [0.05, 0.1) is 10.6 Å². The van der Waals surface area contributed by atoms with Gasteiger partial charge in [0.1, 0.15) is 0 Å². The third-order valence-electron chi connectivity index (χ3n) is 1.97. The van der Waals surface area contributed by atoms with Gasteiger partial charge in [-0.2, -0.15) is 4.40 Å². The summed E-state index contributed by atoms with van der Waals surface area (Å²) in [6.45, 7) is 0. The SMILES string of the molecule is CSC1=NSc2cc(Cl)ccc2N1C. The molecule has 74 valence electrons. The Balaban J connectivity index is 2.43. The van der Waals surface area contributed by atoms with Gasteiger partial charge in [0.15, 0.2) is 5.17 Å². The third kappa shape index (κ3) is 1.74. The van der Waals surface area contributed by atoms with Gasteiger partial charge in [0.25, 0.3) is 0 Å². The van der Waals surface area contributed by atoms with Crippen LogP contribution >= 0.6 is 35.3 Å². The van der Waals surface area contributed by atoms with Crippen LogP contribution in [0.2, 0.25) is 5.02 Å². The Labute approximate surface area is 96.9 Å². The van der Waals surface area contributed by atoms with Gasteiger partial charge >= 0.3 is 0 Å². The van der Waals surface area contributed by atoms with E-state index in [4.69, 9.17) is 11.6 Å². The van der Waals surface area contributed by atoms with E-state index in [9.17, 15) is 0 Å². The highest BCUT2D eigenvalue weighted by Crippen LogP contribution is 2.38. The van der Waals surface area contributed by atoms with Crippen molar-refractivity contribution in [2.45, 2.75) is 4.90 Å². The van der Waals surface area contributed by atoms with Gasteiger partial charge in [0, 0.05) is 24.0 Å². The van der Waals surface area contributed by atoms with Crippen LogP contribution in [-0.2, 0) is 0 Å². The summed E-state index contributed by atoms with van der Waals surface area (Å²) < 4.78 is 4.37. The first-order valence-corrected chi connectivity index (χ1v) is 6.42. The van der Waals surface area contributed by atoms with Crippen molar-refractivity contribution < 1.29 is 0 Å². The third-order valence-corrected chi connectivity index (χ3v) is 3.84. The second-order valence-corrected chi connectivity index (χ2v) is 4.86. The summed E-state index contributed by atoms with van der Waals surface area (Å²) >= 11 is 9.03. The molecule has 0 amide bonds. The van der Waals surface area contributed by atoms with Crippen LogP contribution in [0.15, 0.2) is 27.5 Å². The van der Waals surface area contributed by atoms with Gasteiger partial charge in [0.2, 0.25) is 0 Å². The number of amidine groups is 1. The summed E-state index contributed by atoms with van der Waals surface area (Å²) in [6, 6.07) is 5.87. The minimum Gasteiger partial charge on any atom is -0.322 e. The molecule has 0 fully saturated rings. The smallest absolute Gasteiger partial charge is 0.175 e. The normalized spacial score (nSPS) is 15.1. The molecule has 2 rings (SSSR count). The summed E-state index contributed by atoms with van der Waals surface area (Å²) in [5.74, 6) is 0. The summed E-state index contributed by atoms with van der Waals surface area (Å²) in [4.78, 5) is 3.19. The quantitative estimate of drug-likeness (QED) is 0.650. The van der Waals surface area contributed by atoms with Crippen LogP contribution in [0, 0.1) is 0 Å². The predicted molar refractivity (Wildman–Crippen MR) is 66.7 cm³/mol. The Morgan fingerprint density at radius 3 is 3.00 bits per heavy atom. The summed E-state index contributed by atoms with van der Waals surface area (Å²) in [5, 5.41) is 1.78. The molecule has 0 unspecified atom stereocenters.